The van der Waals surface area contributed by atoms with Crippen LogP contribution in [0.5, 0.6) is 0 Å². The lowest BCUT2D eigenvalue weighted by atomic mass is 9.88. The minimum Gasteiger partial charge on any atom is -0.339 e. The van der Waals surface area contributed by atoms with Crippen LogP contribution in [0.4, 0.5) is 0 Å². The van der Waals surface area contributed by atoms with Crippen molar-refractivity contribution in [3.63, 3.8) is 0 Å². The lowest BCUT2D eigenvalue weighted by molar-refractivity contribution is -0.137. The molecule has 0 atom stereocenters. The third-order valence-corrected chi connectivity index (χ3v) is 3.27. The Balaban J connectivity index is 1.87. The predicted octanol–water partition coefficient (Wildman–Crippen LogP) is 1.18. The predicted molar refractivity (Wildman–Crippen MR) is 63.9 cm³/mol. The van der Waals surface area contributed by atoms with Crippen molar-refractivity contribution >= 4 is 5.91 Å². The third-order valence-electron chi connectivity index (χ3n) is 3.27. The highest BCUT2D eigenvalue weighted by Gasteiger charge is 2.39. The van der Waals surface area contributed by atoms with Gasteiger partial charge in [0.2, 0.25) is 5.91 Å². The Kier molecular flexibility index (Phi) is 2.97. The summed E-state index contributed by atoms with van der Waals surface area (Å²) in [7, 11) is 0. The molecule has 86 valence electrons. The molecule has 1 heterocycles. The van der Waals surface area contributed by atoms with Crippen molar-refractivity contribution in [2.45, 2.75) is 25.3 Å². The second kappa shape index (κ2) is 4.26. The topological polar surface area (TPSA) is 46.3 Å². The quantitative estimate of drug-likeness (QED) is 0.828. The van der Waals surface area contributed by atoms with Gasteiger partial charge in [0.05, 0.1) is 12.0 Å². The molecule has 1 fully saturated rings. The van der Waals surface area contributed by atoms with E-state index in [9.17, 15) is 4.79 Å². The fraction of sp³-hybridized carbons (Fsp3) is 0.462. The zero-order valence-corrected chi connectivity index (χ0v) is 9.65. The molecule has 0 aromatic heterocycles. The van der Waals surface area contributed by atoms with Crippen LogP contribution in [-0.2, 0) is 11.2 Å². The van der Waals surface area contributed by atoms with Gasteiger partial charge in [0.1, 0.15) is 0 Å². The van der Waals surface area contributed by atoms with Crippen molar-refractivity contribution in [1.82, 2.24) is 4.90 Å². The van der Waals surface area contributed by atoms with Crippen LogP contribution in [0.25, 0.3) is 0 Å². The van der Waals surface area contributed by atoms with Gasteiger partial charge in [-0.25, -0.2) is 0 Å². The maximum Gasteiger partial charge on any atom is 0.227 e. The van der Waals surface area contributed by atoms with Crippen LogP contribution in [0.2, 0.25) is 0 Å². The summed E-state index contributed by atoms with van der Waals surface area (Å²) in [6, 6.07) is 9.83. The Labute approximate surface area is 96.2 Å². The van der Waals surface area contributed by atoms with E-state index in [4.69, 9.17) is 5.73 Å². The van der Waals surface area contributed by atoms with Crippen LogP contribution < -0.4 is 5.73 Å². The average Bonchev–Trinajstić information content (AvgIpc) is 2.26. The van der Waals surface area contributed by atoms with Crippen LogP contribution in [0.1, 0.15) is 18.9 Å². The lowest BCUT2D eigenvalue weighted by Gasteiger charge is -2.47. The second-order valence-corrected chi connectivity index (χ2v) is 4.63. The largest absolute Gasteiger partial charge is 0.339 e. The molecule has 16 heavy (non-hydrogen) atoms. The summed E-state index contributed by atoms with van der Waals surface area (Å²) in [5.74, 6) is 0.181. The van der Waals surface area contributed by atoms with Gasteiger partial charge in [0.15, 0.2) is 0 Å². The molecule has 0 bridgehead atoms. The molecule has 1 aromatic carbocycles. The van der Waals surface area contributed by atoms with Crippen molar-refractivity contribution in [3.05, 3.63) is 35.9 Å². The number of benzene rings is 1. The van der Waals surface area contributed by atoms with E-state index in [0.29, 0.717) is 19.5 Å². The minimum atomic E-state index is -0.133. The summed E-state index contributed by atoms with van der Waals surface area (Å²) >= 11 is 0. The summed E-state index contributed by atoms with van der Waals surface area (Å²) in [6.07, 6.45) is 1.42. The number of nitrogens with zero attached hydrogens (tertiary/aromatic N) is 1. The van der Waals surface area contributed by atoms with Gasteiger partial charge in [-0.2, -0.15) is 0 Å². The zero-order valence-electron chi connectivity index (χ0n) is 9.65. The highest BCUT2D eigenvalue weighted by molar-refractivity contribution is 5.80. The van der Waals surface area contributed by atoms with Gasteiger partial charge in [0, 0.05) is 13.1 Å². The van der Waals surface area contributed by atoms with Gasteiger partial charge in [0.25, 0.3) is 0 Å². The molecule has 1 aliphatic heterocycles. The Hall–Kier alpha value is -1.35. The molecule has 0 spiro atoms. The zero-order chi connectivity index (χ0) is 11.6. The van der Waals surface area contributed by atoms with Crippen molar-refractivity contribution < 1.29 is 4.79 Å². The third kappa shape index (κ3) is 2.25. The van der Waals surface area contributed by atoms with Crippen LogP contribution in [0.3, 0.4) is 0 Å². The summed E-state index contributed by atoms with van der Waals surface area (Å²) < 4.78 is 0. The molecule has 0 aliphatic carbocycles. The Bertz CT molecular complexity index is 369. The maximum atomic E-state index is 11.9. The van der Waals surface area contributed by atoms with E-state index < -0.39 is 0 Å². The number of carbonyl (C=O) groups is 1. The molecule has 1 saturated heterocycles. The molecule has 0 unspecified atom stereocenters. The summed E-state index contributed by atoms with van der Waals surface area (Å²) in [6.45, 7) is 3.48. The van der Waals surface area contributed by atoms with E-state index in [1.165, 1.54) is 0 Å². The number of carbonyl (C=O) groups excluding carboxylic acids is 1. The Morgan fingerprint density at radius 2 is 2.00 bits per heavy atom. The van der Waals surface area contributed by atoms with Crippen LogP contribution in [0.15, 0.2) is 30.3 Å². The fourth-order valence-corrected chi connectivity index (χ4v) is 2.00. The number of hydrogen-bond acceptors (Lipinski definition) is 2. The minimum absolute atomic E-state index is 0.133. The van der Waals surface area contributed by atoms with Gasteiger partial charge >= 0.3 is 0 Å². The summed E-state index contributed by atoms with van der Waals surface area (Å²) in [4.78, 5) is 13.7. The first-order chi connectivity index (χ1) is 7.63. The molecule has 1 aliphatic rings. The normalized spacial score (nSPS) is 18.0. The molecule has 1 amide bonds. The maximum absolute atomic E-state index is 11.9. The molecule has 2 N–H and O–H groups in total. The monoisotopic (exact) mass is 218 g/mol. The first kappa shape index (κ1) is 11.1. The highest BCUT2D eigenvalue weighted by atomic mass is 16.2. The van der Waals surface area contributed by atoms with Gasteiger partial charge in [-0.05, 0) is 12.0 Å². The molecule has 3 nitrogen and oxygen atoms in total. The molecule has 0 saturated carbocycles. The van der Waals surface area contributed by atoms with E-state index in [1.807, 2.05) is 35.2 Å². The first-order valence-electron chi connectivity index (χ1n) is 5.73. The van der Waals surface area contributed by atoms with Crippen molar-refractivity contribution in [2.75, 3.05) is 13.1 Å². The number of hydrogen-bond donors (Lipinski definition) is 1. The Morgan fingerprint density at radius 3 is 2.56 bits per heavy atom. The van der Waals surface area contributed by atoms with Crippen LogP contribution in [-0.4, -0.2) is 29.4 Å². The molecular weight excluding hydrogens is 200 g/mol. The first-order valence-corrected chi connectivity index (χ1v) is 5.73. The fourth-order valence-electron chi connectivity index (χ4n) is 2.00. The SMILES string of the molecule is CCC1(N)CN(C(=O)Cc2ccccc2)C1. The van der Waals surface area contributed by atoms with E-state index in [-0.39, 0.29) is 11.4 Å². The van der Waals surface area contributed by atoms with Gasteiger partial charge in [-0.15, -0.1) is 0 Å². The Morgan fingerprint density at radius 1 is 1.38 bits per heavy atom. The average molecular weight is 218 g/mol. The van der Waals surface area contributed by atoms with Crippen LogP contribution in [0, 0.1) is 0 Å². The number of amides is 1. The standard InChI is InChI=1S/C13H18N2O/c1-2-13(14)9-15(10-13)12(16)8-11-6-4-3-5-7-11/h3-7H,2,8-10,14H2,1H3. The lowest BCUT2D eigenvalue weighted by Crippen LogP contribution is -2.68. The molecule has 2 rings (SSSR count). The van der Waals surface area contributed by atoms with Gasteiger partial charge < -0.3 is 10.6 Å². The molecule has 3 heteroatoms. The highest BCUT2D eigenvalue weighted by Crippen LogP contribution is 2.22. The molecule has 0 radical (unpaired) electrons. The van der Waals surface area contributed by atoms with Crippen molar-refractivity contribution in [1.29, 1.82) is 0 Å². The summed E-state index contributed by atoms with van der Waals surface area (Å²) in [5, 5.41) is 0. The van der Waals surface area contributed by atoms with Crippen LogP contribution >= 0.6 is 0 Å². The number of nitrogens with two attached hydrogens (primary N) is 1. The van der Waals surface area contributed by atoms with Gasteiger partial charge in [-0.1, -0.05) is 37.3 Å². The van der Waals surface area contributed by atoms with E-state index in [1.54, 1.807) is 0 Å². The number of rotatable bonds is 3. The van der Waals surface area contributed by atoms with E-state index >= 15 is 0 Å². The van der Waals surface area contributed by atoms with Crippen molar-refractivity contribution in [2.24, 2.45) is 5.73 Å². The van der Waals surface area contributed by atoms with E-state index in [2.05, 4.69) is 6.92 Å². The molecule has 1 aromatic rings. The van der Waals surface area contributed by atoms with Crippen molar-refractivity contribution in [3.8, 4) is 0 Å². The smallest absolute Gasteiger partial charge is 0.227 e. The molecular formula is C13H18N2O. The van der Waals surface area contributed by atoms with E-state index in [0.717, 1.165) is 12.0 Å². The number of likely N-dealkylation sites (tertiary alicyclic amines) is 1. The van der Waals surface area contributed by atoms with Gasteiger partial charge in [-0.3, -0.25) is 4.79 Å². The second-order valence-electron chi connectivity index (χ2n) is 4.63. The summed E-state index contributed by atoms with van der Waals surface area (Å²) in [5.41, 5.74) is 6.97.